The van der Waals surface area contributed by atoms with Crippen molar-refractivity contribution in [3.63, 3.8) is 0 Å². The molecule has 0 aromatic heterocycles. The molecule has 0 unspecified atom stereocenters. The number of hydrogen-bond acceptors (Lipinski definition) is 2. The van der Waals surface area contributed by atoms with Crippen molar-refractivity contribution in [1.29, 1.82) is 0 Å². The molecule has 7 heteroatoms. The van der Waals surface area contributed by atoms with Gasteiger partial charge >= 0.3 is 6.18 Å². The van der Waals surface area contributed by atoms with Gasteiger partial charge in [0.15, 0.2) is 6.04 Å². The fraction of sp³-hybridized carbons (Fsp3) is 0.267. The van der Waals surface area contributed by atoms with E-state index in [0.717, 1.165) is 5.01 Å². The van der Waals surface area contributed by atoms with Gasteiger partial charge in [-0.1, -0.05) is 41.9 Å². The van der Waals surface area contributed by atoms with Crippen LogP contribution in [0.5, 0.6) is 0 Å². The number of amides is 1. The molecule has 0 radical (unpaired) electrons. The van der Waals surface area contributed by atoms with Crippen molar-refractivity contribution in [2.45, 2.75) is 18.6 Å². The summed E-state index contributed by atoms with van der Waals surface area (Å²) in [6.45, 7) is -0.0113. The maximum absolute atomic E-state index is 13.6. The Labute approximate surface area is 129 Å². The number of hydrazine groups is 1. The molecule has 1 N–H and O–H groups in total. The van der Waals surface area contributed by atoms with Gasteiger partial charge in [-0.3, -0.25) is 10.2 Å². The summed E-state index contributed by atoms with van der Waals surface area (Å²) in [5.74, 6) is -0.425. The molecule has 2 aromatic carbocycles. The number of benzene rings is 2. The molecule has 0 bridgehead atoms. The van der Waals surface area contributed by atoms with Gasteiger partial charge in [0.2, 0.25) is 5.91 Å². The predicted octanol–water partition coefficient (Wildman–Crippen LogP) is 3.83. The van der Waals surface area contributed by atoms with Crippen LogP contribution in [0.4, 0.5) is 13.2 Å². The van der Waals surface area contributed by atoms with Gasteiger partial charge in [0.25, 0.3) is 0 Å². The van der Waals surface area contributed by atoms with Crippen molar-refractivity contribution in [3.8, 4) is 0 Å². The first-order valence-electron chi connectivity index (χ1n) is 6.68. The number of carbonyl (C=O) groups excluding carboxylic acids is 1. The number of carbonyl (C=O) groups is 1. The molecule has 2 aromatic rings. The largest absolute Gasteiger partial charge is 0.409 e. The van der Waals surface area contributed by atoms with E-state index in [4.69, 9.17) is 11.6 Å². The minimum atomic E-state index is -4.56. The second-order valence-electron chi connectivity index (χ2n) is 5.10. The van der Waals surface area contributed by atoms with Gasteiger partial charge in [-0.25, -0.2) is 5.01 Å². The first kappa shape index (κ1) is 15.1. The van der Waals surface area contributed by atoms with Gasteiger partial charge in [0.05, 0.1) is 0 Å². The summed E-state index contributed by atoms with van der Waals surface area (Å²) in [7, 11) is 0. The maximum atomic E-state index is 13.6. The molecule has 1 atom stereocenters. The Morgan fingerprint density at radius 2 is 1.91 bits per heavy atom. The van der Waals surface area contributed by atoms with Crippen molar-refractivity contribution in [1.82, 2.24) is 10.4 Å². The van der Waals surface area contributed by atoms with Crippen LogP contribution in [0.2, 0.25) is 5.02 Å². The van der Waals surface area contributed by atoms with Gasteiger partial charge in [-0.2, -0.15) is 13.2 Å². The van der Waals surface area contributed by atoms with Gasteiger partial charge in [0, 0.05) is 23.6 Å². The van der Waals surface area contributed by atoms with Crippen LogP contribution < -0.4 is 5.43 Å². The lowest BCUT2D eigenvalue weighted by atomic mass is 9.97. The first-order valence-corrected chi connectivity index (χ1v) is 7.05. The third kappa shape index (κ3) is 2.64. The van der Waals surface area contributed by atoms with E-state index in [1.807, 2.05) is 0 Å². The van der Waals surface area contributed by atoms with Gasteiger partial charge in [-0.15, -0.1) is 0 Å². The summed E-state index contributed by atoms with van der Waals surface area (Å²) >= 11 is 6.08. The summed E-state index contributed by atoms with van der Waals surface area (Å²) in [5, 5.41) is 2.04. The number of fused-ring (bicyclic) bond motifs is 1. The summed E-state index contributed by atoms with van der Waals surface area (Å²) in [6.07, 6.45) is -4.53. The van der Waals surface area contributed by atoms with Gasteiger partial charge in [0.1, 0.15) is 0 Å². The SMILES string of the molecule is O=C1CCN([C@@H](c2c(Cl)ccc3ccccc23)C(F)(F)F)N1. The molecule has 1 aliphatic heterocycles. The fourth-order valence-corrected chi connectivity index (χ4v) is 3.00. The quantitative estimate of drug-likeness (QED) is 0.908. The third-order valence-corrected chi connectivity index (χ3v) is 3.99. The van der Waals surface area contributed by atoms with Gasteiger partial charge < -0.3 is 0 Å². The second kappa shape index (κ2) is 5.44. The maximum Gasteiger partial charge on any atom is 0.409 e. The molecule has 0 aliphatic carbocycles. The molecular formula is C15H12ClF3N2O. The number of nitrogens with one attached hydrogen (secondary N) is 1. The summed E-state index contributed by atoms with van der Waals surface area (Å²) in [5.41, 5.74) is 2.23. The zero-order chi connectivity index (χ0) is 15.9. The normalized spacial score (nSPS) is 17.7. The first-order chi connectivity index (χ1) is 10.4. The van der Waals surface area contributed by atoms with Crippen LogP contribution in [-0.4, -0.2) is 23.6 Å². The Kier molecular flexibility index (Phi) is 3.74. The molecule has 3 nitrogen and oxygen atoms in total. The molecule has 1 heterocycles. The van der Waals surface area contributed by atoms with Crippen molar-refractivity contribution in [3.05, 3.63) is 47.0 Å². The molecule has 0 spiro atoms. The minimum Gasteiger partial charge on any atom is -0.288 e. The Morgan fingerprint density at radius 1 is 1.18 bits per heavy atom. The van der Waals surface area contributed by atoms with E-state index in [2.05, 4.69) is 5.43 Å². The van der Waals surface area contributed by atoms with E-state index in [1.54, 1.807) is 30.3 Å². The topological polar surface area (TPSA) is 32.3 Å². The van der Waals surface area contributed by atoms with Gasteiger partial charge in [-0.05, 0) is 16.8 Å². The summed E-state index contributed by atoms with van der Waals surface area (Å²) < 4.78 is 40.9. The Morgan fingerprint density at radius 3 is 2.55 bits per heavy atom. The zero-order valence-electron chi connectivity index (χ0n) is 11.3. The molecule has 0 saturated carbocycles. The molecule has 22 heavy (non-hydrogen) atoms. The average molecular weight is 329 g/mol. The lowest BCUT2D eigenvalue weighted by molar-refractivity contribution is -0.190. The van der Waals surface area contributed by atoms with Crippen LogP contribution in [0.15, 0.2) is 36.4 Å². The standard InChI is InChI=1S/C15H12ClF3N2O/c16-11-6-5-9-3-1-2-4-10(9)13(11)14(15(17,18)19)21-8-7-12(22)20-21/h1-6,14H,7-8H2,(H,20,22)/t14-/m0/s1. The molecule has 1 fully saturated rings. The number of hydrogen-bond donors (Lipinski definition) is 1. The Balaban J connectivity index is 2.20. The van der Waals surface area contributed by atoms with E-state index in [1.165, 1.54) is 6.07 Å². The van der Waals surface area contributed by atoms with Crippen molar-refractivity contribution in [2.75, 3.05) is 6.54 Å². The van der Waals surface area contributed by atoms with Crippen LogP contribution in [0, 0.1) is 0 Å². The zero-order valence-corrected chi connectivity index (χ0v) is 12.1. The molecule has 1 aliphatic rings. The third-order valence-electron chi connectivity index (χ3n) is 3.66. The van der Waals surface area contributed by atoms with E-state index < -0.39 is 18.1 Å². The average Bonchev–Trinajstić information content (AvgIpc) is 2.86. The number of halogens is 4. The number of nitrogens with zero attached hydrogens (tertiary/aromatic N) is 1. The predicted molar refractivity (Wildman–Crippen MR) is 77.2 cm³/mol. The van der Waals surface area contributed by atoms with E-state index in [9.17, 15) is 18.0 Å². The van der Waals surface area contributed by atoms with Crippen LogP contribution in [0.3, 0.4) is 0 Å². The Bertz CT molecular complexity index is 732. The highest BCUT2D eigenvalue weighted by molar-refractivity contribution is 6.32. The fourth-order valence-electron chi connectivity index (χ4n) is 2.73. The molecule has 116 valence electrons. The molecule has 1 saturated heterocycles. The molecule has 3 rings (SSSR count). The van der Waals surface area contributed by atoms with Crippen molar-refractivity contribution < 1.29 is 18.0 Å². The van der Waals surface area contributed by atoms with Crippen molar-refractivity contribution >= 4 is 28.3 Å². The van der Waals surface area contributed by atoms with Crippen LogP contribution >= 0.6 is 11.6 Å². The smallest absolute Gasteiger partial charge is 0.288 e. The molecule has 1 amide bonds. The van der Waals surface area contributed by atoms with Crippen LogP contribution in [-0.2, 0) is 4.79 Å². The highest BCUT2D eigenvalue weighted by atomic mass is 35.5. The van der Waals surface area contributed by atoms with E-state index >= 15 is 0 Å². The summed E-state index contributed by atoms with van der Waals surface area (Å²) in [6, 6.07) is 7.90. The van der Waals surface area contributed by atoms with Crippen molar-refractivity contribution in [2.24, 2.45) is 0 Å². The Hall–Kier alpha value is -1.79. The number of alkyl halides is 3. The lowest BCUT2D eigenvalue weighted by Crippen LogP contribution is -2.43. The van der Waals surface area contributed by atoms with E-state index in [-0.39, 0.29) is 23.6 Å². The molecular weight excluding hydrogens is 317 g/mol. The number of rotatable bonds is 2. The second-order valence-corrected chi connectivity index (χ2v) is 5.51. The van der Waals surface area contributed by atoms with E-state index in [0.29, 0.717) is 10.8 Å². The van der Waals surface area contributed by atoms with Crippen LogP contribution in [0.1, 0.15) is 18.0 Å². The minimum absolute atomic E-state index is 0.0113. The highest BCUT2D eigenvalue weighted by Gasteiger charge is 2.48. The van der Waals surface area contributed by atoms with Crippen LogP contribution in [0.25, 0.3) is 10.8 Å². The highest BCUT2D eigenvalue weighted by Crippen LogP contribution is 2.43. The summed E-state index contributed by atoms with van der Waals surface area (Å²) in [4.78, 5) is 11.3. The monoisotopic (exact) mass is 328 g/mol. The lowest BCUT2D eigenvalue weighted by Gasteiger charge is -2.30.